The summed E-state index contributed by atoms with van der Waals surface area (Å²) in [5.74, 6) is -0.581. The highest BCUT2D eigenvalue weighted by Crippen LogP contribution is 2.42. The zero-order valence-corrected chi connectivity index (χ0v) is 12.0. The predicted octanol–water partition coefficient (Wildman–Crippen LogP) is 2.79. The van der Waals surface area contributed by atoms with E-state index in [1.807, 2.05) is 30.3 Å². The molecule has 114 valence electrons. The number of carboxylic acids is 1. The number of hydrogen-bond donors (Lipinski definition) is 2. The Balaban J connectivity index is 1.65. The van der Waals surface area contributed by atoms with Crippen molar-refractivity contribution in [1.82, 2.24) is 5.32 Å². The van der Waals surface area contributed by atoms with Crippen molar-refractivity contribution in [1.29, 1.82) is 0 Å². The van der Waals surface area contributed by atoms with Gasteiger partial charge in [-0.3, -0.25) is 4.79 Å². The van der Waals surface area contributed by atoms with Crippen molar-refractivity contribution >= 4 is 11.9 Å². The van der Waals surface area contributed by atoms with Gasteiger partial charge in [-0.1, -0.05) is 30.3 Å². The van der Waals surface area contributed by atoms with Gasteiger partial charge in [0, 0.05) is 0 Å². The summed E-state index contributed by atoms with van der Waals surface area (Å²) in [5, 5.41) is 11.7. The van der Waals surface area contributed by atoms with Crippen LogP contribution in [0.3, 0.4) is 0 Å². The molecular formula is C17H17NO4. The van der Waals surface area contributed by atoms with Crippen molar-refractivity contribution < 1.29 is 19.1 Å². The Morgan fingerprint density at radius 3 is 2.50 bits per heavy atom. The maximum absolute atomic E-state index is 12.5. The van der Waals surface area contributed by atoms with Gasteiger partial charge >= 0.3 is 5.97 Å². The van der Waals surface area contributed by atoms with Crippen LogP contribution in [0.1, 0.15) is 40.6 Å². The van der Waals surface area contributed by atoms with Crippen molar-refractivity contribution in [2.75, 3.05) is 0 Å². The van der Waals surface area contributed by atoms with E-state index in [1.54, 1.807) is 6.07 Å². The molecule has 1 aromatic carbocycles. The SMILES string of the molecule is O=C(O)c1ccc(CNC(=O)[C@@H](c2ccccc2)C2CC2)o1. The molecule has 5 heteroatoms. The highest BCUT2D eigenvalue weighted by atomic mass is 16.4. The first-order valence-corrected chi connectivity index (χ1v) is 7.30. The maximum Gasteiger partial charge on any atom is 0.371 e. The Kier molecular flexibility index (Phi) is 3.96. The van der Waals surface area contributed by atoms with E-state index < -0.39 is 5.97 Å². The van der Waals surface area contributed by atoms with Crippen LogP contribution in [0, 0.1) is 5.92 Å². The smallest absolute Gasteiger partial charge is 0.371 e. The minimum atomic E-state index is -1.11. The molecule has 0 spiro atoms. The van der Waals surface area contributed by atoms with E-state index in [-0.39, 0.29) is 24.1 Å². The number of furan rings is 1. The van der Waals surface area contributed by atoms with E-state index in [1.165, 1.54) is 6.07 Å². The van der Waals surface area contributed by atoms with E-state index in [0.29, 0.717) is 11.7 Å². The molecule has 2 aromatic rings. The van der Waals surface area contributed by atoms with Crippen LogP contribution in [-0.4, -0.2) is 17.0 Å². The number of carbonyl (C=O) groups excluding carboxylic acids is 1. The van der Waals surface area contributed by atoms with Crippen LogP contribution in [0.4, 0.5) is 0 Å². The quantitative estimate of drug-likeness (QED) is 0.859. The second kappa shape index (κ2) is 6.05. The van der Waals surface area contributed by atoms with Gasteiger partial charge in [-0.05, 0) is 36.5 Å². The lowest BCUT2D eigenvalue weighted by Crippen LogP contribution is -2.30. The first kappa shape index (κ1) is 14.4. The number of amides is 1. The molecule has 3 rings (SSSR count). The number of hydrogen-bond acceptors (Lipinski definition) is 3. The standard InChI is InChI=1S/C17H17NO4/c19-16(18-10-13-8-9-14(22-13)17(20)21)15(12-6-7-12)11-4-2-1-3-5-11/h1-5,8-9,12,15H,6-7,10H2,(H,18,19)(H,20,21)/t15-/m0/s1. The van der Waals surface area contributed by atoms with Crippen molar-refractivity contribution in [3.05, 3.63) is 59.5 Å². The Morgan fingerprint density at radius 2 is 1.91 bits per heavy atom. The van der Waals surface area contributed by atoms with Gasteiger partial charge in [-0.15, -0.1) is 0 Å². The topological polar surface area (TPSA) is 79.5 Å². The first-order chi connectivity index (χ1) is 10.6. The molecule has 1 aromatic heterocycles. The van der Waals surface area contributed by atoms with Gasteiger partial charge in [0.15, 0.2) is 0 Å². The molecule has 0 unspecified atom stereocenters. The van der Waals surface area contributed by atoms with E-state index in [4.69, 9.17) is 9.52 Å². The zero-order valence-electron chi connectivity index (χ0n) is 12.0. The maximum atomic E-state index is 12.5. The number of carboxylic acid groups (broad SMARTS) is 1. The monoisotopic (exact) mass is 299 g/mol. The molecule has 0 radical (unpaired) electrons. The summed E-state index contributed by atoms with van der Waals surface area (Å²) in [6, 6.07) is 12.7. The molecule has 2 N–H and O–H groups in total. The molecule has 0 saturated heterocycles. The van der Waals surface area contributed by atoms with Crippen LogP contribution in [0.25, 0.3) is 0 Å². The fourth-order valence-electron chi connectivity index (χ4n) is 2.60. The van der Waals surface area contributed by atoms with Crippen LogP contribution in [0.5, 0.6) is 0 Å². The molecule has 5 nitrogen and oxygen atoms in total. The summed E-state index contributed by atoms with van der Waals surface area (Å²) in [4.78, 5) is 23.2. The third kappa shape index (κ3) is 3.19. The number of nitrogens with one attached hydrogen (secondary N) is 1. The summed E-state index contributed by atoms with van der Waals surface area (Å²) < 4.78 is 5.14. The molecular weight excluding hydrogens is 282 g/mol. The molecule has 1 aliphatic carbocycles. The van der Waals surface area contributed by atoms with Crippen LogP contribution in [0.2, 0.25) is 0 Å². The number of aromatic carboxylic acids is 1. The number of carbonyl (C=O) groups is 2. The summed E-state index contributed by atoms with van der Waals surface area (Å²) in [5.41, 5.74) is 1.02. The fourth-order valence-corrected chi connectivity index (χ4v) is 2.60. The second-order valence-corrected chi connectivity index (χ2v) is 5.51. The normalized spacial score (nSPS) is 15.3. The minimum Gasteiger partial charge on any atom is -0.475 e. The van der Waals surface area contributed by atoms with Gasteiger partial charge in [0.1, 0.15) is 5.76 Å². The summed E-state index contributed by atoms with van der Waals surface area (Å²) >= 11 is 0. The minimum absolute atomic E-state index is 0.0398. The average Bonchev–Trinajstić information content (AvgIpc) is 3.22. The van der Waals surface area contributed by atoms with Crippen molar-refractivity contribution in [3.8, 4) is 0 Å². The molecule has 1 saturated carbocycles. The van der Waals surface area contributed by atoms with Crippen molar-refractivity contribution in [2.45, 2.75) is 25.3 Å². The van der Waals surface area contributed by atoms with E-state index in [9.17, 15) is 9.59 Å². The molecule has 1 aliphatic rings. The van der Waals surface area contributed by atoms with Gasteiger partial charge in [-0.2, -0.15) is 0 Å². The summed E-state index contributed by atoms with van der Waals surface area (Å²) in [6.45, 7) is 0.197. The first-order valence-electron chi connectivity index (χ1n) is 7.30. The van der Waals surface area contributed by atoms with Crippen molar-refractivity contribution in [2.24, 2.45) is 5.92 Å². The number of benzene rings is 1. The lowest BCUT2D eigenvalue weighted by Gasteiger charge is -2.16. The molecule has 1 fully saturated rings. The van der Waals surface area contributed by atoms with Crippen LogP contribution >= 0.6 is 0 Å². The summed E-state index contributed by atoms with van der Waals surface area (Å²) in [7, 11) is 0. The van der Waals surface area contributed by atoms with E-state index >= 15 is 0 Å². The van der Waals surface area contributed by atoms with Gasteiger partial charge in [0.2, 0.25) is 11.7 Å². The number of rotatable bonds is 6. The average molecular weight is 299 g/mol. The lowest BCUT2D eigenvalue weighted by molar-refractivity contribution is -0.123. The lowest BCUT2D eigenvalue weighted by atomic mass is 9.93. The molecule has 1 atom stereocenters. The van der Waals surface area contributed by atoms with Crippen LogP contribution in [0.15, 0.2) is 46.9 Å². The predicted molar refractivity (Wildman–Crippen MR) is 79.4 cm³/mol. The third-order valence-electron chi connectivity index (χ3n) is 3.84. The van der Waals surface area contributed by atoms with Gasteiger partial charge in [-0.25, -0.2) is 4.79 Å². The van der Waals surface area contributed by atoms with Gasteiger partial charge in [0.25, 0.3) is 0 Å². The molecule has 0 bridgehead atoms. The van der Waals surface area contributed by atoms with E-state index in [2.05, 4.69) is 5.32 Å². The van der Waals surface area contributed by atoms with Crippen molar-refractivity contribution in [3.63, 3.8) is 0 Å². The molecule has 1 heterocycles. The zero-order chi connectivity index (χ0) is 15.5. The Hall–Kier alpha value is -2.56. The molecule has 0 aliphatic heterocycles. The third-order valence-corrected chi connectivity index (χ3v) is 3.84. The van der Waals surface area contributed by atoms with Gasteiger partial charge in [0.05, 0.1) is 12.5 Å². The largest absolute Gasteiger partial charge is 0.475 e. The van der Waals surface area contributed by atoms with Gasteiger partial charge < -0.3 is 14.8 Å². The highest BCUT2D eigenvalue weighted by Gasteiger charge is 2.37. The van der Waals surface area contributed by atoms with Crippen LogP contribution in [-0.2, 0) is 11.3 Å². The fraction of sp³-hybridized carbons (Fsp3) is 0.294. The Labute approximate surface area is 127 Å². The van der Waals surface area contributed by atoms with E-state index in [0.717, 1.165) is 18.4 Å². The molecule has 1 amide bonds. The second-order valence-electron chi connectivity index (χ2n) is 5.51. The van der Waals surface area contributed by atoms with Crippen LogP contribution < -0.4 is 5.32 Å². The Morgan fingerprint density at radius 1 is 1.18 bits per heavy atom. The molecule has 22 heavy (non-hydrogen) atoms. The summed E-state index contributed by atoms with van der Waals surface area (Å²) in [6.07, 6.45) is 2.13. The highest BCUT2D eigenvalue weighted by molar-refractivity contribution is 5.85. The Bertz CT molecular complexity index is 673.